The van der Waals surface area contributed by atoms with E-state index >= 15 is 0 Å². The van der Waals surface area contributed by atoms with Crippen molar-refractivity contribution in [2.24, 2.45) is 5.92 Å². The first-order valence-corrected chi connectivity index (χ1v) is 6.15. The first-order chi connectivity index (χ1) is 7.43. The van der Waals surface area contributed by atoms with Gasteiger partial charge in [0.2, 0.25) is 0 Å². The van der Waals surface area contributed by atoms with E-state index in [0.717, 1.165) is 36.9 Å². The Kier molecular flexibility index (Phi) is 2.39. The number of hydrogen-bond acceptors (Lipinski definition) is 3. The Bertz CT molecular complexity index is 341. The number of rotatable bonds is 3. The molecule has 1 fully saturated rings. The van der Waals surface area contributed by atoms with Crippen molar-refractivity contribution < 1.29 is 4.52 Å². The number of aromatic nitrogens is 1. The Morgan fingerprint density at radius 3 is 2.93 bits per heavy atom. The summed E-state index contributed by atoms with van der Waals surface area (Å²) in [7, 11) is 0. The lowest BCUT2D eigenvalue weighted by Gasteiger charge is -2.03. The van der Waals surface area contributed by atoms with Crippen molar-refractivity contribution in [1.29, 1.82) is 0 Å². The number of anilines is 1. The second kappa shape index (κ2) is 3.87. The van der Waals surface area contributed by atoms with Crippen molar-refractivity contribution in [3.05, 3.63) is 11.3 Å². The molecule has 0 aliphatic heterocycles. The highest BCUT2D eigenvalue weighted by molar-refractivity contribution is 5.45. The molecule has 0 amide bonds. The van der Waals surface area contributed by atoms with Crippen LogP contribution in [0.5, 0.6) is 0 Å². The van der Waals surface area contributed by atoms with Crippen LogP contribution in [0.25, 0.3) is 0 Å². The molecule has 1 heterocycles. The van der Waals surface area contributed by atoms with Crippen LogP contribution < -0.4 is 5.32 Å². The number of fused-ring (bicyclic) bond motifs is 1. The Balaban J connectivity index is 1.72. The van der Waals surface area contributed by atoms with Gasteiger partial charge in [0, 0.05) is 18.5 Å². The van der Waals surface area contributed by atoms with Crippen LogP contribution >= 0.6 is 0 Å². The van der Waals surface area contributed by atoms with E-state index in [-0.39, 0.29) is 0 Å². The summed E-state index contributed by atoms with van der Waals surface area (Å²) < 4.78 is 5.41. The van der Waals surface area contributed by atoms with Crippen LogP contribution in [0.15, 0.2) is 4.52 Å². The lowest BCUT2D eigenvalue weighted by molar-refractivity contribution is 0.382. The van der Waals surface area contributed by atoms with Gasteiger partial charge in [0.15, 0.2) is 5.82 Å². The molecule has 82 valence electrons. The third kappa shape index (κ3) is 2.01. The van der Waals surface area contributed by atoms with Crippen LogP contribution in [0, 0.1) is 5.92 Å². The molecule has 1 aromatic rings. The van der Waals surface area contributed by atoms with Gasteiger partial charge in [-0.2, -0.15) is 0 Å². The summed E-state index contributed by atoms with van der Waals surface area (Å²) in [4.78, 5) is 0. The van der Waals surface area contributed by atoms with E-state index in [0.29, 0.717) is 0 Å². The largest absolute Gasteiger partial charge is 0.367 e. The van der Waals surface area contributed by atoms with E-state index < -0.39 is 0 Å². The summed E-state index contributed by atoms with van der Waals surface area (Å²) in [6, 6.07) is 0. The molecule has 3 rings (SSSR count). The molecule has 2 aliphatic carbocycles. The molecule has 1 aromatic heterocycles. The van der Waals surface area contributed by atoms with Gasteiger partial charge in [0.05, 0.1) is 0 Å². The average molecular weight is 206 g/mol. The third-order valence-electron chi connectivity index (χ3n) is 3.46. The maximum absolute atomic E-state index is 5.41. The first kappa shape index (κ1) is 9.25. The van der Waals surface area contributed by atoms with Crippen molar-refractivity contribution in [2.75, 3.05) is 11.9 Å². The highest BCUT2D eigenvalue weighted by Gasteiger charge is 2.23. The van der Waals surface area contributed by atoms with E-state index in [1.807, 2.05) is 0 Å². The molecule has 0 spiro atoms. The quantitative estimate of drug-likeness (QED) is 0.773. The molecule has 0 unspecified atom stereocenters. The fourth-order valence-electron chi connectivity index (χ4n) is 2.26. The van der Waals surface area contributed by atoms with Gasteiger partial charge in [0.1, 0.15) is 5.76 Å². The predicted octanol–water partition coefficient (Wildman–Crippen LogP) is 2.77. The van der Waals surface area contributed by atoms with E-state index in [2.05, 4.69) is 10.5 Å². The van der Waals surface area contributed by atoms with Crippen molar-refractivity contribution in [1.82, 2.24) is 5.16 Å². The lowest BCUT2D eigenvalue weighted by atomic mass is 10.1. The maximum atomic E-state index is 5.41. The molecule has 0 aromatic carbocycles. The van der Waals surface area contributed by atoms with Crippen molar-refractivity contribution >= 4 is 5.82 Å². The molecule has 0 saturated heterocycles. The van der Waals surface area contributed by atoms with Crippen molar-refractivity contribution in [3.63, 3.8) is 0 Å². The monoisotopic (exact) mass is 206 g/mol. The minimum Gasteiger partial charge on any atom is -0.367 e. The topological polar surface area (TPSA) is 38.1 Å². The third-order valence-corrected chi connectivity index (χ3v) is 3.46. The van der Waals surface area contributed by atoms with E-state index in [4.69, 9.17) is 4.52 Å². The summed E-state index contributed by atoms with van der Waals surface area (Å²) in [6.07, 6.45) is 8.85. The molecule has 0 bridgehead atoms. The second-order valence-electron chi connectivity index (χ2n) is 4.82. The van der Waals surface area contributed by atoms with E-state index in [9.17, 15) is 0 Å². The molecular weight excluding hydrogens is 188 g/mol. The first-order valence-electron chi connectivity index (χ1n) is 6.15. The standard InChI is InChI=1S/C12H18N2O/c1-2-4-10-11(5-3-1)15-14-12(10)13-8-9-6-7-9/h9H,1-8H2,(H,13,14). The minimum absolute atomic E-state index is 0.892. The zero-order valence-electron chi connectivity index (χ0n) is 9.09. The summed E-state index contributed by atoms with van der Waals surface area (Å²) in [5.41, 5.74) is 1.35. The zero-order chi connectivity index (χ0) is 10.1. The van der Waals surface area contributed by atoms with Gasteiger partial charge >= 0.3 is 0 Å². The van der Waals surface area contributed by atoms with Crippen LogP contribution in [-0.4, -0.2) is 11.7 Å². The fraction of sp³-hybridized carbons (Fsp3) is 0.750. The second-order valence-corrected chi connectivity index (χ2v) is 4.82. The molecule has 1 saturated carbocycles. The smallest absolute Gasteiger partial charge is 0.172 e. The minimum atomic E-state index is 0.892. The molecule has 0 radical (unpaired) electrons. The molecule has 2 aliphatic rings. The molecule has 1 N–H and O–H groups in total. The Hall–Kier alpha value is -0.990. The Morgan fingerprint density at radius 1 is 1.20 bits per heavy atom. The number of nitrogens with zero attached hydrogens (tertiary/aromatic N) is 1. The fourth-order valence-corrected chi connectivity index (χ4v) is 2.26. The number of aryl methyl sites for hydroxylation is 1. The van der Waals surface area contributed by atoms with Gasteiger partial charge in [0.25, 0.3) is 0 Å². The van der Waals surface area contributed by atoms with Gasteiger partial charge in [-0.1, -0.05) is 11.6 Å². The average Bonchev–Trinajstić information content (AvgIpc) is 3.03. The van der Waals surface area contributed by atoms with Crippen molar-refractivity contribution in [2.45, 2.75) is 44.9 Å². The Morgan fingerprint density at radius 2 is 2.07 bits per heavy atom. The highest BCUT2D eigenvalue weighted by atomic mass is 16.5. The molecular formula is C12H18N2O. The number of hydrogen-bond donors (Lipinski definition) is 1. The highest BCUT2D eigenvalue weighted by Crippen LogP contribution is 2.31. The molecule has 15 heavy (non-hydrogen) atoms. The van der Waals surface area contributed by atoms with E-state index in [1.54, 1.807) is 0 Å². The SMILES string of the molecule is C1CCc2onc(NCC3CC3)c2CC1. The van der Waals surface area contributed by atoms with Crippen LogP contribution in [0.3, 0.4) is 0 Å². The zero-order valence-corrected chi connectivity index (χ0v) is 9.09. The maximum Gasteiger partial charge on any atom is 0.172 e. The van der Waals surface area contributed by atoms with Gasteiger partial charge in [-0.3, -0.25) is 0 Å². The molecule has 3 heteroatoms. The summed E-state index contributed by atoms with van der Waals surface area (Å²) in [5.74, 6) is 3.05. The number of nitrogens with one attached hydrogen (secondary N) is 1. The van der Waals surface area contributed by atoms with Crippen molar-refractivity contribution in [3.8, 4) is 0 Å². The summed E-state index contributed by atoms with van der Waals surface area (Å²) >= 11 is 0. The summed E-state index contributed by atoms with van der Waals surface area (Å²) in [5, 5.41) is 7.59. The Labute approximate surface area is 90.2 Å². The van der Waals surface area contributed by atoms with Gasteiger partial charge in [-0.15, -0.1) is 0 Å². The predicted molar refractivity (Wildman–Crippen MR) is 59.0 cm³/mol. The van der Waals surface area contributed by atoms with E-state index in [1.165, 1.54) is 37.7 Å². The molecule has 0 atom stereocenters. The van der Waals surface area contributed by atoms with Gasteiger partial charge in [-0.05, 0) is 38.0 Å². The van der Waals surface area contributed by atoms with Gasteiger partial charge < -0.3 is 9.84 Å². The van der Waals surface area contributed by atoms with Crippen LogP contribution in [0.1, 0.15) is 43.4 Å². The van der Waals surface area contributed by atoms with Crippen LogP contribution in [0.4, 0.5) is 5.82 Å². The normalized spacial score (nSPS) is 20.8. The van der Waals surface area contributed by atoms with Crippen LogP contribution in [0.2, 0.25) is 0 Å². The summed E-state index contributed by atoms with van der Waals surface area (Å²) in [6.45, 7) is 1.08. The lowest BCUT2D eigenvalue weighted by Crippen LogP contribution is -2.05. The van der Waals surface area contributed by atoms with Gasteiger partial charge in [-0.25, -0.2) is 0 Å². The van der Waals surface area contributed by atoms with Crippen LogP contribution in [-0.2, 0) is 12.8 Å². The molecule has 3 nitrogen and oxygen atoms in total.